The van der Waals surface area contributed by atoms with Crippen molar-refractivity contribution in [3.05, 3.63) is 36.0 Å². The van der Waals surface area contributed by atoms with Gasteiger partial charge in [0.25, 0.3) is 0 Å². The van der Waals surface area contributed by atoms with Gasteiger partial charge in [-0.3, -0.25) is 0 Å². The van der Waals surface area contributed by atoms with Crippen molar-refractivity contribution < 1.29 is 4.74 Å². The minimum atomic E-state index is 0.528. The maximum atomic E-state index is 5.37. The fourth-order valence-corrected chi connectivity index (χ4v) is 2.28. The third-order valence-electron chi connectivity index (χ3n) is 3.35. The second-order valence-corrected chi connectivity index (χ2v) is 4.83. The van der Waals surface area contributed by atoms with Crippen LogP contribution in [0.3, 0.4) is 0 Å². The van der Waals surface area contributed by atoms with Gasteiger partial charge in [-0.1, -0.05) is 25.1 Å². The minimum Gasteiger partial charge on any atom is -0.494 e. The number of fused-ring (bicyclic) bond motifs is 1. The predicted octanol–water partition coefficient (Wildman–Crippen LogP) is 3.17. The number of nitrogens with one attached hydrogen (secondary N) is 1. The van der Waals surface area contributed by atoms with Crippen molar-refractivity contribution in [2.45, 2.75) is 32.7 Å². The average Bonchev–Trinajstić information content (AvgIpc) is 2.44. The Hall–Kier alpha value is -1.61. The number of aryl methyl sites for hydroxylation is 1. The van der Waals surface area contributed by atoms with Gasteiger partial charge in [0.05, 0.1) is 7.11 Å². The molecule has 1 aromatic carbocycles. The largest absolute Gasteiger partial charge is 0.494 e. The number of para-hydroxylation sites is 1. The van der Waals surface area contributed by atoms with Crippen LogP contribution in [0.25, 0.3) is 10.9 Å². The third-order valence-corrected chi connectivity index (χ3v) is 3.35. The number of hydrogen-bond donors (Lipinski definition) is 1. The molecule has 3 nitrogen and oxygen atoms in total. The first-order chi connectivity index (χ1) is 9.24. The van der Waals surface area contributed by atoms with E-state index >= 15 is 0 Å². The van der Waals surface area contributed by atoms with Gasteiger partial charge in [0, 0.05) is 17.1 Å². The van der Waals surface area contributed by atoms with Crippen LogP contribution < -0.4 is 10.1 Å². The highest BCUT2D eigenvalue weighted by Gasteiger charge is 2.06. The first-order valence-electron chi connectivity index (χ1n) is 6.90. The Morgan fingerprint density at radius 2 is 2.11 bits per heavy atom. The van der Waals surface area contributed by atoms with Gasteiger partial charge in [0.1, 0.15) is 11.3 Å². The molecule has 1 unspecified atom stereocenters. The molecule has 19 heavy (non-hydrogen) atoms. The number of hydrogen-bond acceptors (Lipinski definition) is 3. The van der Waals surface area contributed by atoms with Crippen LogP contribution in [0.4, 0.5) is 0 Å². The molecule has 3 heteroatoms. The molecule has 0 aliphatic rings. The summed E-state index contributed by atoms with van der Waals surface area (Å²) >= 11 is 0. The first-order valence-corrected chi connectivity index (χ1v) is 6.90. The molecule has 0 aliphatic heterocycles. The van der Waals surface area contributed by atoms with Gasteiger partial charge in [0.2, 0.25) is 0 Å². The van der Waals surface area contributed by atoms with E-state index < -0.39 is 0 Å². The lowest BCUT2D eigenvalue weighted by Gasteiger charge is -2.12. The summed E-state index contributed by atoms with van der Waals surface area (Å²) in [4.78, 5) is 4.73. The Balaban J connectivity index is 2.16. The molecule has 0 amide bonds. The molecule has 2 aromatic rings. The number of aromatic nitrogens is 1. The quantitative estimate of drug-likeness (QED) is 0.864. The summed E-state index contributed by atoms with van der Waals surface area (Å²) in [6, 6.07) is 10.8. The maximum Gasteiger partial charge on any atom is 0.145 e. The third kappa shape index (κ3) is 3.44. The van der Waals surface area contributed by atoms with Crippen LogP contribution in [-0.2, 0) is 6.42 Å². The fourth-order valence-electron chi connectivity index (χ4n) is 2.28. The van der Waals surface area contributed by atoms with Crippen LogP contribution >= 0.6 is 0 Å². The summed E-state index contributed by atoms with van der Waals surface area (Å²) in [5.41, 5.74) is 2.08. The van der Waals surface area contributed by atoms with E-state index in [9.17, 15) is 0 Å². The molecule has 0 spiro atoms. The van der Waals surface area contributed by atoms with Crippen molar-refractivity contribution in [1.29, 1.82) is 0 Å². The van der Waals surface area contributed by atoms with Gasteiger partial charge in [-0.2, -0.15) is 0 Å². The Morgan fingerprint density at radius 3 is 2.84 bits per heavy atom. The van der Waals surface area contributed by atoms with Crippen LogP contribution in [-0.4, -0.2) is 24.7 Å². The zero-order valence-corrected chi connectivity index (χ0v) is 11.9. The van der Waals surface area contributed by atoms with Crippen LogP contribution in [0.2, 0.25) is 0 Å². The molecule has 0 saturated heterocycles. The van der Waals surface area contributed by atoms with E-state index in [4.69, 9.17) is 9.72 Å². The first kappa shape index (κ1) is 13.8. The van der Waals surface area contributed by atoms with Gasteiger partial charge >= 0.3 is 0 Å². The van der Waals surface area contributed by atoms with Crippen LogP contribution in [0.5, 0.6) is 5.75 Å². The Morgan fingerprint density at radius 1 is 1.26 bits per heavy atom. The number of benzene rings is 1. The summed E-state index contributed by atoms with van der Waals surface area (Å²) in [5.74, 6) is 0.846. The van der Waals surface area contributed by atoms with Gasteiger partial charge in [-0.05, 0) is 38.4 Å². The standard InChI is InChI=1S/C16H22N2O/c1-4-17-12(2)8-10-14-11-9-13-6-5-7-15(19-3)16(13)18-14/h5-7,9,11-12,17H,4,8,10H2,1-3H3. The molecular weight excluding hydrogens is 236 g/mol. The molecule has 1 N–H and O–H groups in total. The van der Waals surface area contributed by atoms with E-state index in [1.54, 1.807) is 7.11 Å². The number of nitrogens with zero attached hydrogens (tertiary/aromatic N) is 1. The lowest BCUT2D eigenvalue weighted by molar-refractivity contribution is 0.418. The Labute approximate surface area is 115 Å². The Bertz CT molecular complexity index is 539. The number of pyridine rings is 1. The lowest BCUT2D eigenvalue weighted by Crippen LogP contribution is -2.25. The molecule has 0 saturated carbocycles. The van der Waals surface area contributed by atoms with E-state index in [2.05, 4.69) is 37.4 Å². The molecule has 1 heterocycles. The van der Waals surface area contributed by atoms with E-state index in [0.29, 0.717) is 6.04 Å². The SMILES string of the molecule is CCNC(C)CCc1ccc2cccc(OC)c2n1. The molecule has 0 fully saturated rings. The molecule has 0 aliphatic carbocycles. The molecule has 2 rings (SSSR count). The summed E-state index contributed by atoms with van der Waals surface area (Å²) in [7, 11) is 1.69. The van der Waals surface area contributed by atoms with Crippen molar-refractivity contribution in [2.24, 2.45) is 0 Å². The average molecular weight is 258 g/mol. The molecule has 0 bridgehead atoms. The molecule has 0 radical (unpaired) electrons. The van der Waals surface area contributed by atoms with E-state index in [1.807, 2.05) is 12.1 Å². The van der Waals surface area contributed by atoms with Crippen molar-refractivity contribution in [2.75, 3.05) is 13.7 Å². The highest BCUT2D eigenvalue weighted by atomic mass is 16.5. The van der Waals surface area contributed by atoms with Crippen LogP contribution in [0.1, 0.15) is 26.0 Å². The predicted molar refractivity (Wildman–Crippen MR) is 79.8 cm³/mol. The Kier molecular flexibility index (Phi) is 4.74. The van der Waals surface area contributed by atoms with Crippen LogP contribution in [0, 0.1) is 0 Å². The number of rotatable bonds is 6. The number of ether oxygens (including phenoxy) is 1. The zero-order chi connectivity index (χ0) is 13.7. The van der Waals surface area contributed by atoms with Crippen molar-refractivity contribution in [3.63, 3.8) is 0 Å². The fraction of sp³-hybridized carbons (Fsp3) is 0.438. The van der Waals surface area contributed by atoms with E-state index in [0.717, 1.165) is 41.7 Å². The van der Waals surface area contributed by atoms with Crippen molar-refractivity contribution >= 4 is 10.9 Å². The summed E-state index contributed by atoms with van der Waals surface area (Å²) in [5, 5.41) is 4.55. The van der Waals surface area contributed by atoms with Gasteiger partial charge in [-0.15, -0.1) is 0 Å². The van der Waals surface area contributed by atoms with Gasteiger partial charge in [-0.25, -0.2) is 4.98 Å². The second kappa shape index (κ2) is 6.53. The molecule has 1 aromatic heterocycles. The summed E-state index contributed by atoms with van der Waals surface area (Å²) in [6.07, 6.45) is 2.09. The molecule has 1 atom stereocenters. The molecule has 102 valence electrons. The summed E-state index contributed by atoms with van der Waals surface area (Å²) < 4.78 is 5.37. The lowest BCUT2D eigenvalue weighted by atomic mass is 10.1. The minimum absolute atomic E-state index is 0.528. The molecular formula is C16H22N2O. The maximum absolute atomic E-state index is 5.37. The highest BCUT2D eigenvalue weighted by Crippen LogP contribution is 2.23. The number of methoxy groups -OCH3 is 1. The topological polar surface area (TPSA) is 34.1 Å². The van der Waals surface area contributed by atoms with E-state index in [1.165, 1.54) is 0 Å². The second-order valence-electron chi connectivity index (χ2n) is 4.83. The highest BCUT2D eigenvalue weighted by molar-refractivity contribution is 5.84. The van der Waals surface area contributed by atoms with E-state index in [-0.39, 0.29) is 0 Å². The summed E-state index contributed by atoms with van der Waals surface area (Å²) in [6.45, 7) is 5.36. The van der Waals surface area contributed by atoms with Gasteiger partial charge in [0.15, 0.2) is 0 Å². The van der Waals surface area contributed by atoms with Crippen molar-refractivity contribution in [1.82, 2.24) is 10.3 Å². The van der Waals surface area contributed by atoms with Crippen molar-refractivity contribution in [3.8, 4) is 5.75 Å². The van der Waals surface area contributed by atoms with Crippen LogP contribution in [0.15, 0.2) is 30.3 Å². The normalized spacial score (nSPS) is 12.6. The zero-order valence-electron chi connectivity index (χ0n) is 11.9. The van der Waals surface area contributed by atoms with Gasteiger partial charge < -0.3 is 10.1 Å². The smallest absolute Gasteiger partial charge is 0.145 e. The monoisotopic (exact) mass is 258 g/mol.